The van der Waals surface area contributed by atoms with Crippen molar-refractivity contribution in [2.45, 2.75) is 19.0 Å². The van der Waals surface area contributed by atoms with Crippen LogP contribution >= 0.6 is 11.6 Å². The van der Waals surface area contributed by atoms with Gasteiger partial charge in [0.25, 0.3) is 5.88 Å². The molecule has 1 N–H and O–H groups in total. The summed E-state index contributed by atoms with van der Waals surface area (Å²) in [5.41, 5.74) is 3.42. The molecule has 0 spiro atoms. The fraction of sp³-hybridized carbons (Fsp3) is 0.280. The van der Waals surface area contributed by atoms with E-state index in [9.17, 15) is 4.39 Å². The average molecular weight is 493 g/mol. The van der Waals surface area contributed by atoms with E-state index in [4.69, 9.17) is 26.1 Å². The summed E-state index contributed by atoms with van der Waals surface area (Å²) in [6, 6.07) is 10.0. The molecular formula is C25H22ClFN6O2. The lowest BCUT2D eigenvalue weighted by molar-refractivity contribution is 0.0686. The Kier molecular flexibility index (Phi) is 5.58. The van der Waals surface area contributed by atoms with E-state index >= 15 is 0 Å². The van der Waals surface area contributed by atoms with Crippen LogP contribution in [0.4, 0.5) is 16.0 Å². The van der Waals surface area contributed by atoms with Crippen molar-refractivity contribution in [2.24, 2.45) is 0 Å². The highest BCUT2D eigenvalue weighted by Crippen LogP contribution is 2.37. The Bertz CT molecular complexity index is 1410. The summed E-state index contributed by atoms with van der Waals surface area (Å²) in [4.78, 5) is 20.4. The monoisotopic (exact) mass is 492 g/mol. The van der Waals surface area contributed by atoms with Gasteiger partial charge < -0.3 is 19.7 Å². The fourth-order valence-electron chi connectivity index (χ4n) is 4.57. The van der Waals surface area contributed by atoms with Crippen LogP contribution in [0, 0.1) is 5.82 Å². The number of hydrogen-bond donors (Lipinski definition) is 1. The molecule has 1 fully saturated rings. The summed E-state index contributed by atoms with van der Waals surface area (Å²) in [6.07, 6.45) is 3.47. The van der Waals surface area contributed by atoms with Crippen molar-refractivity contribution in [3.8, 4) is 17.0 Å². The number of rotatable bonds is 4. The Morgan fingerprint density at radius 2 is 2.09 bits per heavy atom. The van der Waals surface area contributed by atoms with Crippen molar-refractivity contribution in [2.75, 3.05) is 36.6 Å². The van der Waals surface area contributed by atoms with Crippen LogP contribution in [0.3, 0.4) is 0 Å². The summed E-state index contributed by atoms with van der Waals surface area (Å²) >= 11 is 6.22. The van der Waals surface area contributed by atoms with Gasteiger partial charge in [-0.2, -0.15) is 0 Å². The lowest BCUT2D eigenvalue weighted by Gasteiger charge is -2.39. The van der Waals surface area contributed by atoms with Gasteiger partial charge >= 0.3 is 0 Å². The highest BCUT2D eigenvalue weighted by molar-refractivity contribution is 6.29. The minimum atomic E-state index is -0.401. The number of morpholine rings is 1. The van der Waals surface area contributed by atoms with Crippen molar-refractivity contribution in [1.82, 2.24) is 19.9 Å². The quantitative estimate of drug-likeness (QED) is 0.412. The van der Waals surface area contributed by atoms with Crippen LogP contribution in [-0.4, -0.2) is 52.3 Å². The Balaban J connectivity index is 1.42. The molecule has 2 aliphatic heterocycles. The smallest absolute Gasteiger partial charge is 0.258 e. The van der Waals surface area contributed by atoms with E-state index in [0.717, 1.165) is 11.1 Å². The first-order valence-corrected chi connectivity index (χ1v) is 11.8. The number of nitrogens with one attached hydrogen (secondary N) is 1. The summed E-state index contributed by atoms with van der Waals surface area (Å²) < 4.78 is 26.1. The van der Waals surface area contributed by atoms with Crippen LogP contribution in [0.1, 0.15) is 18.5 Å². The van der Waals surface area contributed by atoms with Gasteiger partial charge in [-0.25, -0.2) is 19.3 Å². The third-order valence-corrected chi connectivity index (χ3v) is 6.49. The maximum Gasteiger partial charge on any atom is 0.258 e. The number of nitrogens with zero attached hydrogens (tertiary/aromatic N) is 5. The molecule has 1 saturated heterocycles. The minimum Gasteiger partial charge on any atom is -0.473 e. The van der Waals surface area contributed by atoms with Gasteiger partial charge in [-0.05, 0) is 31.2 Å². The molecule has 1 aromatic carbocycles. The summed E-state index contributed by atoms with van der Waals surface area (Å²) in [6.45, 7) is 4.28. The van der Waals surface area contributed by atoms with Gasteiger partial charge in [-0.1, -0.05) is 17.7 Å². The zero-order valence-electron chi connectivity index (χ0n) is 18.9. The van der Waals surface area contributed by atoms with E-state index in [0.29, 0.717) is 65.6 Å². The zero-order valence-corrected chi connectivity index (χ0v) is 19.7. The van der Waals surface area contributed by atoms with Crippen molar-refractivity contribution in [3.05, 3.63) is 65.3 Å². The predicted molar refractivity (Wildman–Crippen MR) is 131 cm³/mol. The minimum absolute atomic E-state index is 0.0835. The second-order valence-electron chi connectivity index (χ2n) is 8.59. The van der Waals surface area contributed by atoms with Gasteiger partial charge in [-0.3, -0.25) is 4.98 Å². The van der Waals surface area contributed by atoms with Crippen LogP contribution in [0.2, 0.25) is 5.15 Å². The number of benzene rings is 1. The van der Waals surface area contributed by atoms with Gasteiger partial charge in [0.2, 0.25) is 0 Å². The molecule has 2 aliphatic rings. The van der Waals surface area contributed by atoms with E-state index < -0.39 is 5.82 Å². The van der Waals surface area contributed by atoms with E-state index in [1.54, 1.807) is 18.5 Å². The molecule has 35 heavy (non-hydrogen) atoms. The standard InChI is InChI=1S/C25H22ClFN6O2/c1-14(29-23-18(4-5-21(26)31-23)15-3-2-6-28-11-15)19-9-16(27)10-20-22(19)32-24-25(30-20)35-13-17-12-34-8-7-33(17)24/h2-6,9-11,14,17H,7-8,12-13H2,1H3,(H,29,31)/t14-,17+/m1/s1. The maximum atomic E-state index is 14.7. The maximum absolute atomic E-state index is 14.7. The third kappa shape index (κ3) is 4.11. The molecule has 178 valence electrons. The largest absolute Gasteiger partial charge is 0.473 e. The number of aromatic nitrogens is 4. The van der Waals surface area contributed by atoms with E-state index in [2.05, 4.69) is 25.2 Å². The van der Waals surface area contributed by atoms with Crippen LogP contribution in [0.15, 0.2) is 48.8 Å². The predicted octanol–water partition coefficient (Wildman–Crippen LogP) is 4.65. The molecule has 8 nitrogen and oxygen atoms in total. The first-order valence-electron chi connectivity index (χ1n) is 11.4. The van der Waals surface area contributed by atoms with Crippen LogP contribution < -0.4 is 15.0 Å². The second kappa shape index (κ2) is 8.90. The molecule has 5 heterocycles. The topological polar surface area (TPSA) is 85.3 Å². The molecule has 0 unspecified atom stereocenters. The first-order chi connectivity index (χ1) is 17.1. The molecule has 3 aromatic heterocycles. The van der Waals surface area contributed by atoms with Gasteiger partial charge in [0, 0.05) is 41.7 Å². The number of halogens is 2. The molecule has 0 aliphatic carbocycles. The normalized spacial score (nSPS) is 17.9. The highest BCUT2D eigenvalue weighted by Gasteiger charge is 2.33. The molecule has 2 atom stereocenters. The third-order valence-electron chi connectivity index (χ3n) is 6.28. The molecule has 0 radical (unpaired) electrons. The van der Waals surface area contributed by atoms with E-state index in [1.807, 2.05) is 25.1 Å². The summed E-state index contributed by atoms with van der Waals surface area (Å²) in [7, 11) is 0. The van der Waals surface area contributed by atoms with Gasteiger partial charge in [0.15, 0.2) is 5.82 Å². The second-order valence-corrected chi connectivity index (χ2v) is 8.97. The van der Waals surface area contributed by atoms with Gasteiger partial charge in [-0.15, -0.1) is 0 Å². The Labute approximate surface area is 206 Å². The molecular weight excluding hydrogens is 471 g/mol. The summed E-state index contributed by atoms with van der Waals surface area (Å²) in [5, 5.41) is 3.75. The summed E-state index contributed by atoms with van der Waals surface area (Å²) in [5.74, 6) is 1.25. The number of anilines is 2. The Morgan fingerprint density at radius 3 is 2.94 bits per heavy atom. The van der Waals surface area contributed by atoms with Gasteiger partial charge in [0.1, 0.15) is 23.4 Å². The molecule has 10 heteroatoms. The number of pyridine rings is 2. The molecule has 6 rings (SSSR count). The molecule has 0 bridgehead atoms. The van der Waals surface area contributed by atoms with Crippen molar-refractivity contribution in [1.29, 1.82) is 0 Å². The first kappa shape index (κ1) is 21.9. The van der Waals surface area contributed by atoms with Crippen LogP contribution in [-0.2, 0) is 4.74 Å². The lowest BCUT2D eigenvalue weighted by atomic mass is 10.0. The van der Waals surface area contributed by atoms with Crippen LogP contribution in [0.5, 0.6) is 5.88 Å². The number of ether oxygens (including phenoxy) is 2. The SMILES string of the molecule is C[C@@H](Nc1nc(Cl)ccc1-c1cccnc1)c1cc(F)cc2nc3c(nc12)N1CCOC[C@H]1CO3. The highest BCUT2D eigenvalue weighted by atomic mass is 35.5. The average Bonchev–Trinajstić information content (AvgIpc) is 2.87. The van der Waals surface area contributed by atoms with Crippen molar-refractivity contribution < 1.29 is 13.9 Å². The van der Waals surface area contributed by atoms with E-state index in [1.165, 1.54) is 12.1 Å². The van der Waals surface area contributed by atoms with Crippen LogP contribution in [0.25, 0.3) is 22.2 Å². The Morgan fingerprint density at radius 1 is 1.17 bits per heavy atom. The van der Waals surface area contributed by atoms with E-state index in [-0.39, 0.29) is 12.1 Å². The molecule has 0 saturated carbocycles. The lowest BCUT2D eigenvalue weighted by Crippen LogP contribution is -2.51. The number of fused-ring (bicyclic) bond motifs is 4. The molecule has 4 aromatic rings. The van der Waals surface area contributed by atoms with Crippen molar-refractivity contribution >= 4 is 34.3 Å². The number of hydrogen-bond acceptors (Lipinski definition) is 8. The van der Waals surface area contributed by atoms with Crippen molar-refractivity contribution in [3.63, 3.8) is 0 Å². The fourth-order valence-corrected chi connectivity index (χ4v) is 4.72. The molecule has 0 amide bonds. The zero-order chi connectivity index (χ0) is 23.9. The Hall–Kier alpha value is -3.56. The van der Waals surface area contributed by atoms with Gasteiger partial charge in [0.05, 0.1) is 36.3 Å².